The van der Waals surface area contributed by atoms with Crippen LogP contribution in [0.4, 0.5) is 10.1 Å². The van der Waals surface area contributed by atoms with E-state index in [1.165, 1.54) is 18.2 Å². The monoisotopic (exact) mass is 364 g/mol. The van der Waals surface area contributed by atoms with Crippen molar-refractivity contribution >= 4 is 21.6 Å². The quantitative estimate of drug-likeness (QED) is 0.704. The molecule has 0 aliphatic heterocycles. The summed E-state index contributed by atoms with van der Waals surface area (Å²) >= 11 is 0. The number of anilines is 1. The van der Waals surface area contributed by atoms with Crippen molar-refractivity contribution < 1.29 is 17.6 Å². The van der Waals surface area contributed by atoms with Gasteiger partial charge in [0, 0.05) is 6.54 Å². The highest BCUT2D eigenvalue weighted by atomic mass is 32.2. The zero-order valence-electron chi connectivity index (χ0n) is 14.0. The molecule has 2 aromatic carbocycles. The van der Waals surface area contributed by atoms with Crippen molar-refractivity contribution in [2.45, 2.75) is 31.1 Å². The van der Waals surface area contributed by atoms with Crippen molar-refractivity contribution in [3.05, 3.63) is 59.9 Å². The summed E-state index contributed by atoms with van der Waals surface area (Å²) in [7, 11) is -3.91. The molecule has 0 bridgehead atoms. The fraction of sp³-hybridized carbons (Fsp3) is 0.278. The van der Waals surface area contributed by atoms with E-state index in [2.05, 4.69) is 17.0 Å². The number of halogens is 1. The van der Waals surface area contributed by atoms with Gasteiger partial charge in [-0.15, -0.1) is 0 Å². The molecule has 0 fully saturated rings. The third-order valence-corrected chi connectivity index (χ3v) is 4.99. The van der Waals surface area contributed by atoms with E-state index in [9.17, 15) is 17.6 Å². The second kappa shape index (κ2) is 8.62. The van der Waals surface area contributed by atoms with Gasteiger partial charge in [-0.3, -0.25) is 9.52 Å². The first-order valence-electron chi connectivity index (χ1n) is 8.09. The van der Waals surface area contributed by atoms with Gasteiger partial charge in [-0.05, 0) is 42.8 Å². The average Bonchev–Trinajstić information content (AvgIpc) is 2.59. The van der Waals surface area contributed by atoms with Gasteiger partial charge in [0.15, 0.2) is 0 Å². The summed E-state index contributed by atoms with van der Waals surface area (Å²) in [4.78, 5) is 12.2. The molecule has 134 valence electrons. The van der Waals surface area contributed by atoms with E-state index in [0.29, 0.717) is 6.54 Å². The lowest BCUT2D eigenvalue weighted by Gasteiger charge is -2.13. The van der Waals surface area contributed by atoms with Crippen LogP contribution in [0, 0.1) is 5.82 Å². The first-order chi connectivity index (χ1) is 11.9. The molecule has 1 amide bonds. The van der Waals surface area contributed by atoms with E-state index in [4.69, 9.17) is 0 Å². The Balaban J connectivity index is 2.17. The maximum absolute atomic E-state index is 13.0. The van der Waals surface area contributed by atoms with Crippen LogP contribution < -0.4 is 10.0 Å². The minimum atomic E-state index is -3.91. The molecule has 0 aliphatic rings. The van der Waals surface area contributed by atoms with Gasteiger partial charge in [-0.2, -0.15) is 0 Å². The number of unbranched alkanes of at least 4 members (excludes halogenated alkanes) is 2. The normalized spacial score (nSPS) is 11.1. The lowest BCUT2D eigenvalue weighted by atomic mass is 10.1. The van der Waals surface area contributed by atoms with Gasteiger partial charge in [-0.25, -0.2) is 12.8 Å². The third kappa shape index (κ3) is 5.29. The Hall–Kier alpha value is -2.41. The van der Waals surface area contributed by atoms with Crippen molar-refractivity contribution in [2.75, 3.05) is 11.3 Å². The molecule has 0 spiro atoms. The van der Waals surface area contributed by atoms with Crippen molar-refractivity contribution in [1.29, 1.82) is 0 Å². The van der Waals surface area contributed by atoms with Gasteiger partial charge in [0.1, 0.15) is 5.82 Å². The summed E-state index contributed by atoms with van der Waals surface area (Å²) in [6.07, 6.45) is 2.93. The molecule has 0 heterocycles. The lowest BCUT2D eigenvalue weighted by Crippen LogP contribution is -2.26. The topological polar surface area (TPSA) is 75.3 Å². The van der Waals surface area contributed by atoms with Gasteiger partial charge in [-0.1, -0.05) is 31.9 Å². The summed E-state index contributed by atoms with van der Waals surface area (Å²) < 4.78 is 40.2. The van der Waals surface area contributed by atoms with Crippen LogP contribution in [0.1, 0.15) is 36.5 Å². The molecule has 0 aromatic heterocycles. The molecule has 0 atom stereocenters. The van der Waals surface area contributed by atoms with Gasteiger partial charge in [0.2, 0.25) is 0 Å². The van der Waals surface area contributed by atoms with Gasteiger partial charge in [0.25, 0.3) is 15.9 Å². The summed E-state index contributed by atoms with van der Waals surface area (Å²) in [6.45, 7) is 2.60. The number of carbonyl (C=O) groups is 1. The van der Waals surface area contributed by atoms with Crippen LogP contribution in [0.3, 0.4) is 0 Å². The zero-order valence-corrected chi connectivity index (χ0v) is 14.8. The molecule has 0 saturated heterocycles. The Morgan fingerprint density at radius 3 is 2.40 bits per heavy atom. The van der Waals surface area contributed by atoms with Gasteiger partial charge < -0.3 is 5.32 Å². The van der Waals surface area contributed by atoms with Crippen molar-refractivity contribution in [2.24, 2.45) is 0 Å². The number of amides is 1. The summed E-state index contributed by atoms with van der Waals surface area (Å²) in [5.41, 5.74) is 0.421. The van der Waals surface area contributed by atoms with Crippen LogP contribution in [0.2, 0.25) is 0 Å². The zero-order chi connectivity index (χ0) is 18.3. The predicted molar refractivity (Wildman–Crippen MR) is 95.5 cm³/mol. The Labute approximate surface area is 147 Å². The molecule has 2 aromatic rings. The number of para-hydroxylation sites is 1. The van der Waals surface area contributed by atoms with Gasteiger partial charge in [0.05, 0.1) is 16.1 Å². The van der Waals surface area contributed by atoms with Crippen LogP contribution >= 0.6 is 0 Å². The molecule has 0 saturated carbocycles. The molecular weight excluding hydrogens is 343 g/mol. The maximum atomic E-state index is 13.0. The van der Waals surface area contributed by atoms with E-state index in [1.807, 2.05) is 0 Å². The third-order valence-electron chi connectivity index (χ3n) is 3.61. The fourth-order valence-corrected chi connectivity index (χ4v) is 3.34. The second-order valence-electron chi connectivity index (χ2n) is 5.57. The standard InChI is InChI=1S/C18H21FN2O3S/c1-2-3-6-13-20-18(22)16-7-4-5-8-17(16)21-25(23,24)15-11-9-14(19)10-12-15/h4-5,7-12,21H,2-3,6,13H2,1H3,(H,20,22). The number of hydrogen-bond acceptors (Lipinski definition) is 3. The predicted octanol–water partition coefficient (Wildman–Crippen LogP) is 3.55. The largest absolute Gasteiger partial charge is 0.352 e. The van der Waals surface area contributed by atoms with Gasteiger partial charge >= 0.3 is 0 Å². The number of hydrogen-bond donors (Lipinski definition) is 2. The maximum Gasteiger partial charge on any atom is 0.261 e. The van der Waals surface area contributed by atoms with E-state index in [1.54, 1.807) is 18.2 Å². The lowest BCUT2D eigenvalue weighted by molar-refractivity contribution is 0.0954. The second-order valence-corrected chi connectivity index (χ2v) is 7.25. The van der Waals surface area contributed by atoms with E-state index in [-0.39, 0.29) is 22.1 Å². The fourth-order valence-electron chi connectivity index (χ4n) is 2.26. The van der Waals surface area contributed by atoms with Crippen molar-refractivity contribution in [3.63, 3.8) is 0 Å². The molecule has 25 heavy (non-hydrogen) atoms. The van der Waals surface area contributed by atoms with Crippen LogP contribution in [0.15, 0.2) is 53.4 Å². The minimum Gasteiger partial charge on any atom is -0.352 e. The van der Waals surface area contributed by atoms with Crippen LogP contribution in [0.5, 0.6) is 0 Å². The highest BCUT2D eigenvalue weighted by Crippen LogP contribution is 2.20. The highest BCUT2D eigenvalue weighted by molar-refractivity contribution is 7.92. The van der Waals surface area contributed by atoms with Crippen molar-refractivity contribution in [1.82, 2.24) is 5.32 Å². The van der Waals surface area contributed by atoms with E-state index >= 15 is 0 Å². The SMILES string of the molecule is CCCCCNC(=O)c1ccccc1NS(=O)(=O)c1ccc(F)cc1. The smallest absolute Gasteiger partial charge is 0.261 e. The molecule has 7 heteroatoms. The first-order valence-corrected chi connectivity index (χ1v) is 9.58. The Morgan fingerprint density at radius 1 is 1.04 bits per heavy atom. The van der Waals surface area contributed by atoms with Crippen LogP contribution in [0.25, 0.3) is 0 Å². The number of sulfonamides is 1. The molecule has 0 unspecified atom stereocenters. The average molecular weight is 364 g/mol. The number of rotatable bonds is 8. The van der Waals surface area contributed by atoms with Crippen molar-refractivity contribution in [3.8, 4) is 0 Å². The summed E-state index contributed by atoms with van der Waals surface area (Å²) in [6, 6.07) is 10.9. The minimum absolute atomic E-state index is 0.0768. The summed E-state index contributed by atoms with van der Waals surface area (Å²) in [5, 5.41) is 2.78. The Bertz CT molecular complexity index is 820. The van der Waals surface area contributed by atoms with E-state index in [0.717, 1.165) is 31.4 Å². The molecule has 0 radical (unpaired) electrons. The van der Waals surface area contributed by atoms with Crippen LogP contribution in [-0.2, 0) is 10.0 Å². The molecule has 0 aliphatic carbocycles. The first kappa shape index (κ1) is 18.9. The number of carbonyl (C=O) groups excluding carboxylic acids is 1. The number of benzene rings is 2. The highest BCUT2D eigenvalue weighted by Gasteiger charge is 2.18. The molecule has 2 rings (SSSR count). The number of nitrogens with one attached hydrogen (secondary N) is 2. The molecule has 5 nitrogen and oxygen atoms in total. The Kier molecular flexibility index (Phi) is 6.52. The molecule has 2 N–H and O–H groups in total. The summed E-state index contributed by atoms with van der Waals surface area (Å²) in [5.74, 6) is -0.862. The van der Waals surface area contributed by atoms with Crippen LogP contribution in [-0.4, -0.2) is 20.9 Å². The Morgan fingerprint density at radius 2 is 1.72 bits per heavy atom. The molecular formula is C18H21FN2O3S. The van der Waals surface area contributed by atoms with E-state index < -0.39 is 15.8 Å².